The molecule has 4 nitrogen and oxygen atoms in total. The van der Waals surface area contributed by atoms with Crippen LogP contribution in [0.3, 0.4) is 0 Å². The molecular formula is C20H17F2NO3S2. The number of phenolic OH excluding ortho intramolecular Hbond substituents is 1. The Morgan fingerprint density at radius 1 is 1.14 bits per heavy atom. The number of aromatic hydroxyl groups is 1. The van der Waals surface area contributed by atoms with Crippen LogP contribution in [0.4, 0.5) is 8.78 Å². The monoisotopic (exact) mass is 421 g/mol. The van der Waals surface area contributed by atoms with Crippen LogP contribution in [0.2, 0.25) is 0 Å². The largest absolute Gasteiger partial charge is 0.505 e. The van der Waals surface area contributed by atoms with Gasteiger partial charge in [-0.3, -0.25) is 0 Å². The molecule has 1 aliphatic rings. The molecule has 28 heavy (non-hydrogen) atoms. The Kier molecular flexibility index (Phi) is 4.52. The molecule has 0 radical (unpaired) electrons. The van der Waals surface area contributed by atoms with Gasteiger partial charge in [-0.25, -0.2) is 17.5 Å². The highest BCUT2D eigenvalue weighted by Crippen LogP contribution is 2.48. The number of halogens is 2. The van der Waals surface area contributed by atoms with Crippen LogP contribution in [0, 0.1) is 11.6 Å². The first-order valence-electron chi connectivity index (χ1n) is 8.57. The average Bonchev–Trinajstić information content (AvgIpc) is 3.08. The summed E-state index contributed by atoms with van der Waals surface area (Å²) in [4.78, 5) is 0.413. The maximum atomic E-state index is 13.5. The molecule has 4 rings (SSSR count). The van der Waals surface area contributed by atoms with Gasteiger partial charge in [0.05, 0.1) is 0 Å². The third-order valence-electron chi connectivity index (χ3n) is 5.11. The van der Waals surface area contributed by atoms with Crippen LogP contribution < -0.4 is 4.72 Å². The predicted octanol–water partition coefficient (Wildman–Crippen LogP) is 4.41. The van der Waals surface area contributed by atoms with Crippen molar-refractivity contribution in [2.24, 2.45) is 0 Å². The van der Waals surface area contributed by atoms with Gasteiger partial charge in [-0.1, -0.05) is 37.3 Å². The fourth-order valence-electron chi connectivity index (χ4n) is 3.26. The lowest BCUT2D eigenvalue weighted by Crippen LogP contribution is -2.29. The SMILES string of the molecule is C[C@]1(c2ccccc2)C[C@@H]1NS(=O)(=O)c1ccc(-c2cc(O)c(F)c(F)c2)s1. The maximum absolute atomic E-state index is 13.5. The zero-order chi connectivity index (χ0) is 20.1. The van der Waals surface area contributed by atoms with Crippen LogP contribution in [0.25, 0.3) is 10.4 Å². The summed E-state index contributed by atoms with van der Waals surface area (Å²) in [6, 6.07) is 14.4. The van der Waals surface area contributed by atoms with E-state index in [0.29, 0.717) is 11.3 Å². The number of rotatable bonds is 5. The molecule has 0 unspecified atom stereocenters. The van der Waals surface area contributed by atoms with Gasteiger partial charge < -0.3 is 5.11 Å². The highest BCUT2D eigenvalue weighted by Gasteiger charge is 2.53. The number of benzene rings is 2. The summed E-state index contributed by atoms with van der Waals surface area (Å²) >= 11 is 0.931. The van der Waals surface area contributed by atoms with E-state index >= 15 is 0 Å². The molecule has 2 aromatic carbocycles. The van der Waals surface area contributed by atoms with Gasteiger partial charge in [-0.05, 0) is 41.8 Å². The smallest absolute Gasteiger partial charge is 0.250 e. The van der Waals surface area contributed by atoms with Crippen LogP contribution in [-0.4, -0.2) is 19.6 Å². The molecular weight excluding hydrogens is 404 g/mol. The Hall–Kier alpha value is -2.29. The van der Waals surface area contributed by atoms with E-state index in [9.17, 15) is 22.3 Å². The normalized spacial score (nSPS) is 21.6. The average molecular weight is 421 g/mol. The molecule has 0 bridgehead atoms. The molecule has 8 heteroatoms. The van der Waals surface area contributed by atoms with E-state index in [4.69, 9.17) is 0 Å². The van der Waals surface area contributed by atoms with Crippen LogP contribution in [0.5, 0.6) is 5.75 Å². The molecule has 0 aliphatic heterocycles. The van der Waals surface area contributed by atoms with Crippen LogP contribution in [0.1, 0.15) is 18.9 Å². The fourth-order valence-corrected chi connectivity index (χ4v) is 5.92. The minimum Gasteiger partial charge on any atom is -0.505 e. The number of hydrogen-bond donors (Lipinski definition) is 2. The third-order valence-corrected chi connectivity index (χ3v) is 8.21. The second-order valence-electron chi connectivity index (χ2n) is 7.07. The van der Waals surface area contributed by atoms with Gasteiger partial charge in [-0.15, -0.1) is 11.3 Å². The summed E-state index contributed by atoms with van der Waals surface area (Å²) in [5.74, 6) is -3.34. The first-order chi connectivity index (χ1) is 13.2. The lowest BCUT2D eigenvalue weighted by atomic mass is 9.98. The number of sulfonamides is 1. The standard InChI is InChI=1S/C20H17F2NO3S2/c1-20(13-5-3-2-4-6-13)11-17(20)23-28(25,26)18-8-7-16(27-18)12-9-14(21)19(22)15(24)10-12/h2-10,17,23-24H,11H2,1H3/t17-,20+/m0/s1. The van der Waals surface area contributed by atoms with Gasteiger partial charge >= 0.3 is 0 Å². The Balaban J connectivity index is 1.56. The van der Waals surface area contributed by atoms with Crippen molar-refractivity contribution in [3.63, 3.8) is 0 Å². The van der Waals surface area contributed by atoms with Gasteiger partial charge in [-0.2, -0.15) is 4.39 Å². The molecule has 1 saturated carbocycles. The molecule has 1 aromatic heterocycles. The van der Waals surface area contributed by atoms with Crippen molar-refractivity contribution < 1.29 is 22.3 Å². The van der Waals surface area contributed by atoms with Gasteiger partial charge in [0.25, 0.3) is 0 Å². The number of hydrogen-bond acceptors (Lipinski definition) is 4. The molecule has 146 valence electrons. The second-order valence-corrected chi connectivity index (χ2v) is 10.1. The molecule has 0 saturated heterocycles. The summed E-state index contributed by atoms with van der Waals surface area (Å²) in [5, 5.41) is 9.46. The van der Waals surface area contributed by atoms with E-state index < -0.39 is 27.4 Å². The van der Waals surface area contributed by atoms with Crippen molar-refractivity contribution in [2.75, 3.05) is 0 Å². The van der Waals surface area contributed by atoms with Crippen molar-refractivity contribution in [3.8, 4) is 16.2 Å². The van der Waals surface area contributed by atoms with Crippen LogP contribution in [0.15, 0.2) is 58.8 Å². The molecule has 1 aliphatic carbocycles. The number of phenols is 1. The van der Waals surface area contributed by atoms with Crippen molar-refractivity contribution in [3.05, 3.63) is 71.8 Å². The van der Waals surface area contributed by atoms with Gasteiger partial charge in [0, 0.05) is 16.3 Å². The lowest BCUT2D eigenvalue weighted by Gasteiger charge is -2.12. The van der Waals surface area contributed by atoms with Crippen LogP contribution in [-0.2, 0) is 15.4 Å². The van der Waals surface area contributed by atoms with Crippen molar-refractivity contribution in [2.45, 2.75) is 29.0 Å². The van der Waals surface area contributed by atoms with E-state index in [2.05, 4.69) is 4.72 Å². The van der Waals surface area contributed by atoms with E-state index in [-0.39, 0.29) is 21.2 Å². The maximum Gasteiger partial charge on any atom is 0.250 e. The summed E-state index contributed by atoms with van der Waals surface area (Å²) in [6.07, 6.45) is 0.700. The number of thiophene rings is 1. The van der Waals surface area contributed by atoms with Crippen molar-refractivity contribution in [1.82, 2.24) is 4.72 Å². The van der Waals surface area contributed by atoms with E-state index in [1.54, 1.807) is 0 Å². The molecule has 0 spiro atoms. The van der Waals surface area contributed by atoms with Crippen LogP contribution >= 0.6 is 11.3 Å². The Bertz CT molecular complexity index is 1120. The zero-order valence-electron chi connectivity index (χ0n) is 14.8. The van der Waals surface area contributed by atoms with Gasteiger partial charge in [0.1, 0.15) is 4.21 Å². The van der Waals surface area contributed by atoms with Gasteiger partial charge in [0.2, 0.25) is 10.0 Å². The molecule has 3 aromatic rings. The Morgan fingerprint density at radius 3 is 2.54 bits per heavy atom. The van der Waals surface area contributed by atoms with E-state index in [1.807, 2.05) is 37.3 Å². The molecule has 1 heterocycles. The fraction of sp³-hybridized carbons (Fsp3) is 0.200. The third kappa shape index (κ3) is 3.32. The summed E-state index contributed by atoms with van der Waals surface area (Å²) in [6.45, 7) is 2.01. The minimum atomic E-state index is -3.75. The quantitative estimate of drug-likeness (QED) is 0.641. The lowest BCUT2D eigenvalue weighted by molar-refractivity contribution is 0.407. The summed E-state index contributed by atoms with van der Waals surface area (Å²) in [5.41, 5.74) is 1.04. The first kappa shape index (κ1) is 19.0. The predicted molar refractivity (Wildman–Crippen MR) is 104 cm³/mol. The summed E-state index contributed by atoms with van der Waals surface area (Å²) in [7, 11) is -3.75. The number of nitrogens with one attached hydrogen (secondary N) is 1. The first-order valence-corrected chi connectivity index (χ1v) is 10.9. The summed E-state index contributed by atoms with van der Waals surface area (Å²) < 4.78 is 55.1. The molecule has 2 N–H and O–H groups in total. The highest BCUT2D eigenvalue weighted by molar-refractivity contribution is 7.91. The Morgan fingerprint density at radius 2 is 1.86 bits per heavy atom. The van der Waals surface area contributed by atoms with E-state index in [0.717, 1.165) is 29.0 Å². The molecule has 0 amide bonds. The topological polar surface area (TPSA) is 66.4 Å². The van der Waals surface area contributed by atoms with Gasteiger partial charge in [0.15, 0.2) is 17.4 Å². The molecule has 1 fully saturated rings. The van der Waals surface area contributed by atoms with E-state index in [1.165, 1.54) is 12.1 Å². The molecule has 2 atom stereocenters. The van der Waals surface area contributed by atoms with Crippen molar-refractivity contribution >= 4 is 21.4 Å². The minimum absolute atomic E-state index is 0.0778. The van der Waals surface area contributed by atoms with Crippen molar-refractivity contribution in [1.29, 1.82) is 0 Å². The second kappa shape index (κ2) is 6.65. The Labute approximate surface area is 165 Å². The zero-order valence-corrected chi connectivity index (χ0v) is 16.4. The highest BCUT2D eigenvalue weighted by atomic mass is 32.2.